The van der Waals surface area contributed by atoms with Gasteiger partial charge in [0.2, 0.25) is 0 Å². The molecule has 2 rings (SSSR count). The predicted octanol–water partition coefficient (Wildman–Crippen LogP) is 4.12. The van der Waals surface area contributed by atoms with E-state index in [2.05, 4.69) is 25.3 Å². The fourth-order valence-corrected chi connectivity index (χ4v) is 3.53. The van der Waals surface area contributed by atoms with E-state index in [9.17, 15) is 9.90 Å². The van der Waals surface area contributed by atoms with Crippen LogP contribution in [0.25, 0.3) is 0 Å². The van der Waals surface area contributed by atoms with Gasteiger partial charge < -0.3 is 14.6 Å². The summed E-state index contributed by atoms with van der Waals surface area (Å²) >= 11 is 0. The molecule has 0 bridgehead atoms. The van der Waals surface area contributed by atoms with Gasteiger partial charge in [-0.3, -0.25) is 4.90 Å². The Morgan fingerprint density at radius 3 is 2.46 bits per heavy atom. The summed E-state index contributed by atoms with van der Waals surface area (Å²) in [5.41, 5.74) is 2.40. The molecule has 0 saturated carbocycles. The quantitative estimate of drug-likeness (QED) is 0.802. The molecule has 1 aromatic rings. The topological polar surface area (TPSA) is 59.0 Å². The molecular formula is C20H31NO4Si. The van der Waals surface area contributed by atoms with Gasteiger partial charge in [-0.1, -0.05) is 61.7 Å². The number of rotatable bonds is 4. The van der Waals surface area contributed by atoms with Crippen LogP contribution in [0, 0.1) is 0 Å². The van der Waals surface area contributed by atoms with Crippen LogP contribution in [0.15, 0.2) is 42.1 Å². The third-order valence-corrected chi connectivity index (χ3v) is 5.10. The van der Waals surface area contributed by atoms with Crippen LogP contribution in [-0.4, -0.2) is 48.7 Å². The molecule has 1 aliphatic heterocycles. The molecule has 1 N–H and O–H groups in total. The van der Waals surface area contributed by atoms with Gasteiger partial charge in [-0.2, -0.15) is 0 Å². The molecule has 26 heavy (non-hydrogen) atoms. The van der Waals surface area contributed by atoms with Crippen LogP contribution in [0.4, 0.5) is 4.79 Å². The first-order valence-electron chi connectivity index (χ1n) is 9.03. The fraction of sp³-hybridized carbons (Fsp3) is 0.550. The van der Waals surface area contributed by atoms with E-state index < -0.39 is 32.1 Å². The summed E-state index contributed by atoms with van der Waals surface area (Å²) in [4.78, 5) is 14.4. The van der Waals surface area contributed by atoms with E-state index in [4.69, 9.17) is 9.47 Å². The van der Waals surface area contributed by atoms with Crippen molar-refractivity contribution in [2.75, 3.05) is 6.61 Å². The summed E-state index contributed by atoms with van der Waals surface area (Å²) in [6, 6.07) is 9.41. The number of benzene rings is 1. The van der Waals surface area contributed by atoms with Gasteiger partial charge in [-0.15, -0.1) is 0 Å². The normalized spacial score (nSPS) is 22.7. The Hall–Kier alpha value is -1.63. The molecule has 1 saturated heterocycles. The number of carbonyl (C=O) groups excluding carboxylic acids is 1. The summed E-state index contributed by atoms with van der Waals surface area (Å²) < 4.78 is 11.4. The molecule has 5 nitrogen and oxygen atoms in total. The molecule has 0 radical (unpaired) electrons. The molecule has 144 valence electrons. The largest absolute Gasteiger partial charge is 0.444 e. The Morgan fingerprint density at radius 1 is 1.31 bits per heavy atom. The van der Waals surface area contributed by atoms with Crippen molar-refractivity contribution in [2.45, 2.75) is 64.4 Å². The third-order valence-electron chi connectivity index (χ3n) is 3.91. The minimum Gasteiger partial charge on any atom is -0.444 e. The SMILES string of the molecule is CC(C)(C)OC(=O)N1[C@@H]([C@@H](O)/C=C\[Si](C)(C)C)OC[C@H]1c1ccccc1. The van der Waals surface area contributed by atoms with E-state index in [0.29, 0.717) is 6.61 Å². The maximum absolute atomic E-state index is 12.9. The zero-order chi connectivity index (χ0) is 19.5. The lowest BCUT2D eigenvalue weighted by molar-refractivity contribution is -0.0548. The highest BCUT2D eigenvalue weighted by molar-refractivity contribution is 6.80. The Bertz CT molecular complexity index is 633. The highest BCUT2D eigenvalue weighted by Gasteiger charge is 2.43. The highest BCUT2D eigenvalue weighted by atomic mass is 28.3. The average Bonchev–Trinajstić information content (AvgIpc) is 2.96. The highest BCUT2D eigenvalue weighted by Crippen LogP contribution is 2.33. The standard InChI is InChI=1S/C20H31NO4Si/c1-20(2,3)25-19(23)21-16(15-10-8-7-9-11-15)14-24-18(21)17(22)12-13-26(4,5)6/h7-13,16-18,22H,14H2,1-6H3/b13-12-/t16-,17-,18+/m0/s1. The van der Waals surface area contributed by atoms with Crippen LogP contribution in [-0.2, 0) is 9.47 Å². The van der Waals surface area contributed by atoms with Crippen molar-refractivity contribution in [3.63, 3.8) is 0 Å². The Labute approximate surface area is 157 Å². The fourth-order valence-electron chi connectivity index (χ4n) is 2.75. The van der Waals surface area contributed by atoms with Crippen LogP contribution in [0.5, 0.6) is 0 Å². The van der Waals surface area contributed by atoms with Crippen LogP contribution in [0.2, 0.25) is 19.6 Å². The number of ether oxygens (including phenoxy) is 2. The third kappa shape index (κ3) is 5.69. The monoisotopic (exact) mass is 377 g/mol. The molecule has 3 atom stereocenters. The minimum absolute atomic E-state index is 0.286. The molecule has 1 amide bonds. The number of aliphatic hydroxyl groups excluding tert-OH is 1. The second-order valence-electron chi connectivity index (χ2n) is 8.75. The molecule has 0 aliphatic carbocycles. The molecular weight excluding hydrogens is 346 g/mol. The van der Waals surface area contributed by atoms with E-state index in [1.165, 1.54) is 4.90 Å². The van der Waals surface area contributed by atoms with Crippen molar-refractivity contribution in [3.05, 3.63) is 47.7 Å². The van der Waals surface area contributed by atoms with Gasteiger partial charge in [0.15, 0.2) is 6.23 Å². The number of carbonyl (C=O) groups is 1. The van der Waals surface area contributed by atoms with E-state index >= 15 is 0 Å². The zero-order valence-electron chi connectivity index (χ0n) is 16.6. The second-order valence-corrected chi connectivity index (χ2v) is 13.8. The van der Waals surface area contributed by atoms with Crippen molar-refractivity contribution >= 4 is 14.2 Å². The maximum Gasteiger partial charge on any atom is 0.413 e. The smallest absolute Gasteiger partial charge is 0.413 e. The number of nitrogens with zero attached hydrogens (tertiary/aromatic N) is 1. The summed E-state index contributed by atoms with van der Waals surface area (Å²) in [6.07, 6.45) is -0.387. The first-order chi connectivity index (χ1) is 12.0. The van der Waals surface area contributed by atoms with Gasteiger partial charge in [-0.25, -0.2) is 4.79 Å². The Kier molecular flexibility index (Phi) is 6.32. The molecule has 0 unspecified atom stereocenters. The Balaban J connectivity index is 2.29. The van der Waals surface area contributed by atoms with Crippen molar-refractivity contribution in [1.29, 1.82) is 0 Å². The van der Waals surface area contributed by atoms with Gasteiger partial charge in [0, 0.05) is 0 Å². The summed E-state index contributed by atoms with van der Waals surface area (Å²) in [7, 11) is -1.47. The van der Waals surface area contributed by atoms with Gasteiger partial charge in [0.1, 0.15) is 11.7 Å². The minimum atomic E-state index is -1.47. The van der Waals surface area contributed by atoms with Crippen molar-refractivity contribution in [1.82, 2.24) is 4.90 Å². The van der Waals surface area contributed by atoms with E-state index in [0.717, 1.165) is 5.56 Å². The van der Waals surface area contributed by atoms with E-state index in [-0.39, 0.29) is 6.04 Å². The van der Waals surface area contributed by atoms with E-state index in [1.807, 2.05) is 51.1 Å². The van der Waals surface area contributed by atoms with Crippen LogP contribution < -0.4 is 0 Å². The summed E-state index contributed by atoms with van der Waals surface area (Å²) in [5, 5.41) is 10.7. The second kappa shape index (κ2) is 7.94. The van der Waals surface area contributed by atoms with Crippen molar-refractivity contribution in [2.24, 2.45) is 0 Å². The van der Waals surface area contributed by atoms with Crippen LogP contribution >= 0.6 is 0 Å². The van der Waals surface area contributed by atoms with E-state index in [1.54, 1.807) is 6.08 Å². The van der Waals surface area contributed by atoms with Crippen molar-refractivity contribution in [3.8, 4) is 0 Å². The summed E-state index contributed by atoms with van der Waals surface area (Å²) in [5.74, 6) is 0. The predicted molar refractivity (Wildman–Crippen MR) is 105 cm³/mol. The number of amides is 1. The lowest BCUT2D eigenvalue weighted by atomic mass is 10.1. The van der Waals surface area contributed by atoms with Gasteiger partial charge in [0.05, 0.1) is 20.7 Å². The van der Waals surface area contributed by atoms with Crippen LogP contribution in [0.1, 0.15) is 32.4 Å². The lowest BCUT2D eigenvalue weighted by Gasteiger charge is -2.32. The zero-order valence-corrected chi connectivity index (χ0v) is 17.6. The van der Waals surface area contributed by atoms with Crippen LogP contribution in [0.3, 0.4) is 0 Å². The van der Waals surface area contributed by atoms with Crippen molar-refractivity contribution < 1.29 is 19.4 Å². The van der Waals surface area contributed by atoms with Gasteiger partial charge in [0.25, 0.3) is 0 Å². The Morgan fingerprint density at radius 2 is 1.92 bits per heavy atom. The molecule has 1 aliphatic rings. The molecule has 0 spiro atoms. The number of hydrogen-bond donors (Lipinski definition) is 1. The molecule has 0 aromatic heterocycles. The molecule has 6 heteroatoms. The molecule has 1 heterocycles. The van der Waals surface area contributed by atoms with Gasteiger partial charge in [-0.05, 0) is 26.3 Å². The number of hydrogen-bond acceptors (Lipinski definition) is 4. The average molecular weight is 378 g/mol. The first-order valence-corrected chi connectivity index (χ1v) is 12.6. The summed E-state index contributed by atoms with van der Waals surface area (Å²) in [6.45, 7) is 12.4. The molecule has 1 fully saturated rings. The van der Waals surface area contributed by atoms with Gasteiger partial charge >= 0.3 is 6.09 Å². The molecule has 1 aromatic carbocycles. The maximum atomic E-state index is 12.9. The first kappa shape index (κ1) is 20.7. The lowest BCUT2D eigenvalue weighted by Crippen LogP contribution is -2.46. The number of aliphatic hydroxyl groups is 1.